The molecule has 0 unspecified atom stereocenters. The number of hydrogen-bond acceptors (Lipinski definition) is 6. The average molecular weight is 400 g/mol. The predicted octanol–water partition coefficient (Wildman–Crippen LogP) is 3.65. The van der Waals surface area contributed by atoms with Gasteiger partial charge in [-0.2, -0.15) is 5.26 Å². The smallest absolute Gasteiger partial charge is 0.140 e. The highest BCUT2D eigenvalue weighted by molar-refractivity contribution is 9.10. The van der Waals surface area contributed by atoms with Crippen molar-refractivity contribution in [2.75, 3.05) is 36.0 Å². The Balaban J connectivity index is 1.53. The van der Waals surface area contributed by atoms with Crippen LogP contribution >= 0.6 is 27.3 Å². The standard InChI is InChI=1S/C17H14BrN5S/c18-14-9-12(10-19)1-2-15(14)22-4-6-23(7-5-22)16-13-3-8-24-17(13)21-11-20-16/h1-3,8-9,11H,4-7H2. The van der Waals surface area contributed by atoms with Gasteiger partial charge in [0.05, 0.1) is 22.7 Å². The van der Waals surface area contributed by atoms with Crippen molar-refractivity contribution in [2.24, 2.45) is 0 Å². The first-order valence-electron chi connectivity index (χ1n) is 7.64. The number of nitriles is 1. The van der Waals surface area contributed by atoms with Gasteiger partial charge in [-0.3, -0.25) is 0 Å². The molecule has 0 N–H and O–H groups in total. The molecule has 0 saturated carbocycles. The molecule has 1 saturated heterocycles. The molecule has 0 amide bonds. The number of anilines is 2. The molecule has 1 fully saturated rings. The lowest BCUT2D eigenvalue weighted by Gasteiger charge is -2.37. The van der Waals surface area contributed by atoms with E-state index in [2.05, 4.69) is 53.2 Å². The van der Waals surface area contributed by atoms with Crippen LogP contribution in [0, 0.1) is 11.3 Å². The second-order valence-electron chi connectivity index (χ2n) is 5.59. The largest absolute Gasteiger partial charge is 0.367 e. The summed E-state index contributed by atoms with van der Waals surface area (Å²) in [5, 5.41) is 12.2. The zero-order valence-corrected chi connectivity index (χ0v) is 15.2. The summed E-state index contributed by atoms with van der Waals surface area (Å²) in [6.45, 7) is 3.66. The van der Waals surface area contributed by atoms with Crippen molar-refractivity contribution in [1.29, 1.82) is 5.26 Å². The lowest BCUT2D eigenvalue weighted by atomic mass is 10.2. The maximum atomic E-state index is 8.99. The molecule has 1 aliphatic rings. The molecule has 4 rings (SSSR count). The number of nitrogens with zero attached hydrogens (tertiary/aromatic N) is 5. The van der Waals surface area contributed by atoms with Crippen molar-refractivity contribution >= 4 is 49.0 Å². The molecule has 1 aromatic carbocycles. The van der Waals surface area contributed by atoms with Crippen LogP contribution in [0.1, 0.15) is 5.56 Å². The van der Waals surface area contributed by atoms with Crippen molar-refractivity contribution in [3.63, 3.8) is 0 Å². The molecular weight excluding hydrogens is 386 g/mol. The Kier molecular flexibility index (Phi) is 4.08. The van der Waals surface area contributed by atoms with Crippen LogP contribution in [0.4, 0.5) is 11.5 Å². The van der Waals surface area contributed by atoms with Crippen molar-refractivity contribution in [2.45, 2.75) is 0 Å². The van der Waals surface area contributed by atoms with E-state index in [4.69, 9.17) is 5.26 Å². The SMILES string of the molecule is N#Cc1ccc(N2CCN(c3ncnc4sccc34)CC2)c(Br)c1. The highest BCUT2D eigenvalue weighted by Crippen LogP contribution is 2.31. The van der Waals surface area contributed by atoms with Crippen LogP contribution in [-0.2, 0) is 0 Å². The van der Waals surface area contributed by atoms with Crippen molar-refractivity contribution in [3.05, 3.63) is 46.0 Å². The van der Waals surface area contributed by atoms with E-state index in [9.17, 15) is 0 Å². The third-order valence-corrected chi connectivity index (χ3v) is 5.69. The van der Waals surface area contributed by atoms with Crippen LogP contribution in [0.3, 0.4) is 0 Å². The molecule has 120 valence electrons. The van der Waals surface area contributed by atoms with Crippen molar-refractivity contribution < 1.29 is 0 Å². The van der Waals surface area contributed by atoms with Crippen LogP contribution in [0.15, 0.2) is 40.4 Å². The summed E-state index contributed by atoms with van der Waals surface area (Å²) < 4.78 is 0.970. The van der Waals surface area contributed by atoms with Gasteiger partial charge in [0.15, 0.2) is 0 Å². The molecule has 3 aromatic rings. The molecule has 5 nitrogen and oxygen atoms in total. The monoisotopic (exact) mass is 399 g/mol. The summed E-state index contributed by atoms with van der Waals surface area (Å²) in [5.74, 6) is 1.03. The van der Waals surface area contributed by atoms with Gasteiger partial charge in [0.2, 0.25) is 0 Å². The highest BCUT2D eigenvalue weighted by atomic mass is 79.9. The Hall–Kier alpha value is -2.17. The molecule has 0 atom stereocenters. The van der Waals surface area contributed by atoms with Crippen molar-refractivity contribution in [3.8, 4) is 6.07 Å². The molecule has 2 aromatic heterocycles. The molecular formula is C17H14BrN5S. The van der Waals surface area contributed by atoms with Gasteiger partial charge in [-0.15, -0.1) is 11.3 Å². The number of rotatable bonds is 2. The Morgan fingerprint density at radius 2 is 1.88 bits per heavy atom. The van der Waals surface area contributed by atoms with E-state index in [-0.39, 0.29) is 0 Å². The quantitative estimate of drug-likeness (QED) is 0.657. The van der Waals surface area contributed by atoms with Crippen molar-refractivity contribution in [1.82, 2.24) is 9.97 Å². The average Bonchev–Trinajstić information content (AvgIpc) is 3.10. The summed E-state index contributed by atoms with van der Waals surface area (Å²) in [5.41, 5.74) is 1.81. The first-order chi connectivity index (χ1) is 11.8. The Morgan fingerprint density at radius 3 is 2.62 bits per heavy atom. The lowest BCUT2D eigenvalue weighted by Crippen LogP contribution is -2.47. The Labute approximate surface area is 152 Å². The number of thiophene rings is 1. The van der Waals surface area contributed by atoms with Gasteiger partial charge in [-0.05, 0) is 45.6 Å². The van der Waals surface area contributed by atoms with E-state index in [1.807, 2.05) is 18.2 Å². The molecule has 1 aliphatic heterocycles. The minimum Gasteiger partial charge on any atom is -0.367 e. The number of fused-ring (bicyclic) bond motifs is 1. The first-order valence-corrected chi connectivity index (χ1v) is 9.31. The van der Waals surface area contributed by atoms with Gasteiger partial charge < -0.3 is 9.80 Å². The van der Waals surface area contributed by atoms with Gasteiger partial charge in [-0.1, -0.05) is 0 Å². The van der Waals surface area contributed by atoms with E-state index in [1.54, 1.807) is 17.7 Å². The summed E-state index contributed by atoms with van der Waals surface area (Å²) in [4.78, 5) is 14.5. The lowest BCUT2D eigenvalue weighted by molar-refractivity contribution is 0.648. The minimum atomic E-state index is 0.671. The van der Waals surface area contributed by atoms with Gasteiger partial charge in [0, 0.05) is 30.7 Å². The fraction of sp³-hybridized carbons (Fsp3) is 0.235. The third kappa shape index (κ3) is 2.72. The van der Waals surface area contributed by atoms with Gasteiger partial charge in [0.1, 0.15) is 17.0 Å². The number of hydrogen-bond donors (Lipinski definition) is 0. The van der Waals surface area contributed by atoms with E-state index in [1.165, 1.54) is 0 Å². The summed E-state index contributed by atoms with van der Waals surface area (Å²) in [7, 11) is 0. The highest BCUT2D eigenvalue weighted by Gasteiger charge is 2.21. The molecule has 0 spiro atoms. The van der Waals surface area contributed by atoms with Crippen LogP contribution in [0.5, 0.6) is 0 Å². The zero-order chi connectivity index (χ0) is 16.5. The maximum absolute atomic E-state index is 8.99. The zero-order valence-electron chi connectivity index (χ0n) is 12.8. The van der Waals surface area contributed by atoms with Crippen LogP contribution in [-0.4, -0.2) is 36.1 Å². The van der Waals surface area contributed by atoms with E-state index in [0.717, 1.165) is 52.4 Å². The second-order valence-corrected chi connectivity index (χ2v) is 7.34. The normalized spacial score (nSPS) is 14.8. The molecule has 3 heterocycles. The fourth-order valence-electron chi connectivity index (χ4n) is 3.02. The minimum absolute atomic E-state index is 0.671. The number of aromatic nitrogens is 2. The molecule has 0 radical (unpaired) electrons. The Bertz CT molecular complexity index is 924. The van der Waals surface area contributed by atoms with Gasteiger partial charge >= 0.3 is 0 Å². The number of piperazine rings is 1. The summed E-state index contributed by atoms with van der Waals surface area (Å²) in [6, 6.07) is 10.0. The van der Waals surface area contributed by atoms with Crippen LogP contribution in [0.25, 0.3) is 10.2 Å². The predicted molar refractivity (Wildman–Crippen MR) is 101 cm³/mol. The van der Waals surface area contributed by atoms with Crippen LogP contribution in [0.2, 0.25) is 0 Å². The van der Waals surface area contributed by atoms with E-state index in [0.29, 0.717) is 5.56 Å². The van der Waals surface area contributed by atoms with Crippen LogP contribution < -0.4 is 9.80 Å². The summed E-state index contributed by atoms with van der Waals surface area (Å²) >= 11 is 5.23. The third-order valence-electron chi connectivity index (χ3n) is 4.24. The van der Waals surface area contributed by atoms with Gasteiger partial charge in [0.25, 0.3) is 0 Å². The maximum Gasteiger partial charge on any atom is 0.140 e. The van der Waals surface area contributed by atoms with E-state index >= 15 is 0 Å². The molecule has 24 heavy (non-hydrogen) atoms. The second kappa shape index (κ2) is 6.38. The first kappa shape index (κ1) is 15.4. The topological polar surface area (TPSA) is 56.1 Å². The molecule has 7 heteroatoms. The van der Waals surface area contributed by atoms with Gasteiger partial charge in [-0.25, -0.2) is 9.97 Å². The summed E-state index contributed by atoms with van der Waals surface area (Å²) in [6.07, 6.45) is 1.65. The number of halogens is 1. The Morgan fingerprint density at radius 1 is 1.08 bits per heavy atom. The fourth-order valence-corrected chi connectivity index (χ4v) is 4.38. The van der Waals surface area contributed by atoms with E-state index < -0.39 is 0 Å². The molecule has 0 bridgehead atoms. The molecule has 0 aliphatic carbocycles. The number of benzene rings is 1.